The van der Waals surface area contributed by atoms with E-state index in [1.807, 2.05) is 27.7 Å². The number of hydrogen-bond acceptors (Lipinski definition) is 1. The van der Waals surface area contributed by atoms with Gasteiger partial charge in [-0.15, -0.1) is 0 Å². The highest BCUT2D eigenvalue weighted by Gasteiger charge is 2.24. The zero-order valence-corrected chi connectivity index (χ0v) is 10.7. The summed E-state index contributed by atoms with van der Waals surface area (Å²) in [6, 6.07) is 5.66. The third-order valence-electron chi connectivity index (χ3n) is 2.45. The van der Waals surface area contributed by atoms with Crippen LogP contribution in [0.5, 0.6) is 0 Å². The lowest BCUT2D eigenvalue weighted by Crippen LogP contribution is -2.47. The molecule has 0 fully saturated rings. The summed E-state index contributed by atoms with van der Waals surface area (Å²) in [5, 5.41) is 2.69. The third-order valence-corrected chi connectivity index (χ3v) is 2.45. The maximum atomic E-state index is 13.0. The van der Waals surface area contributed by atoms with Crippen LogP contribution in [0.15, 0.2) is 24.3 Å². The number of rotatable bonds is 2. The number of anilines is 1. The number of carbonyl (C=O) groups is 1. The average molecular weight is 238 g/mol. The van der Waals surface area contributed by atoms with E-state index >= 15 is 0 Å². The van der Waals surface area contributed by atoms with Crippen LogP contribution in [0.4, 0.5) is 14.9 Å². The number of nitrogens with zero attached hydrogens (tertiary/aromatic N) is 1. The van der Waals surface area contributed by atoms with Crippen molar-refractivity contribution in [1.29, 1.82) is 0 Å². The van der Waals surface area contributed by atoms with Crippen LogP contribution in [-0.4, -0.2) is 23.0 Å². The molecule has 0 saturated carbocycles. The topological polar surface area (TPSA) is 32.3 Å². The molecule has 1 rings (SSSR count). The summed E-state index contributed by atoms with van der Waals surface area (Å²) in [7, 11) is 0. The van der Waals surface area contributed by atoms with E-state index in [1.165, 1.54) is 12.1 Å². The highest BCUT2D eigenvalue weighted by atomic mass is 19.1. The molecule has 0 atom stereocenters. The summed E-state index contributed by atoms with van der Waals surface area (Å²) in [6.45, 7) is 8.39. The number of benzene rings is 1. The summed E-state index contributed by atoms with van der Waals surface area (Å²) in [4.78, 5) is 13.7. The molecule has 3 nitrogen and oxygen atoms in total. The first-order valence-corrected chi connectivity index (χ1v) is 5.69. The monoisotopic (exact) mass is 238 g/mol. The van der Waals surface area contributed by atoms with Gasteiger partial charge in [-0.05, 0) is 45.9 Å². The standard InChI is InChI=1S/C13H19FN2O/c1-5-16(13(2,3)4)12(17)15-11-8-6-7-10(14)9-11/h6-9H,5H2,1-4H3,(H,15,17). The van der Waals surface area contributed by atoms with Gasteiger partial charge in [0, 0.05) is 17.8 Å². The van der Waals surface area contributed by atoms with Gasteiger partial charge in [0.2, 0.25) is 0 Å². The summed E-state index contributed by atoms with van der Waals surface area (Å²) in [5.74, 6) is -0.360. The predicted molar refractivity (Wildman–Crippen MR) is 67.6 cm³/mol. The zero-order valence-electron chi connectivity index (χ0n) is 10.7. The Balaban J connectivity index is 2.78. The van der Waals surface area contributed by atoms with E-state index in [2.05, 4.69) is 5.32 Å². The van der Waals surface area contributed by atoms with Crippen LogP contribution in [0, 0.1) is 5.82 Å². The number of amides is 2. The molecule has 0 aliphatic rings. The minimum atomic E-state index is -0.360. The molecule has 2 amide bonds. The molecule has 0 aromatic heterocycles. The molecule has 0 saturated heterocycles. The minimum Gasteiger partial charge on any atom is -0.320 e. The fraction of sp³-hybridized carbons (Fsp3) is 0.462. The number of urea groups is 1. The average Bonchev–Trinajstić information content (AvgIpc) is 2.15. The van der Waals surface area contributed by atoms with E-state index in [9.17, 15) is 9.18 Å². The van der Waals surface area contributed by atoms with Crippen LogP contribution < -0.4 is 5.32 Å². The van der Waals surface area contributed by atoms with Gasteiger partial charge in [0.25, 0.3) is 0 Å². The summed E-state index contributed by atoms with van der Waals surface area (Å²) >= 11 is 0. The number of nitrogens with one attached hydrogen (secondary N) is 1. The fourth-order valence-electron chi connectivity index (χ4n) is 1.68. The first kappa shape index (κ1) is 13.5. The van der Waals surface area contributed by atoms with Crippen molar-refractivity contribution in [2.75, 3.05) is 11.9 Å². The molecule has 0 aliphatic heterocycles. The van der Waals surface area contributed by atoms with E-state index < -0.39 is 0 Å². The second-order valence-corrected chi connectivity index (χ2v) is 4.86. The largest absolute Gasteiger partial charge is 0.322 e. The lowest BCUT2D eigenvalue weighted by Gasteiger charge is -2.34. The van der Waals surface area contributed by atoms with Crippen LogP contribution in [0.2, 0.25) is 0 Å². The molecule has 1 N–H and O–H groups in total. The van der Waals surface area contributed by atoms with Crippen LogP contribution in [0.1, 0.15) is 27.7 Å². The van der Waals surface area contributed by atoms with E-state index in [1.54, 1.807) is 17.0 Å². The molecule has 0 aliphatic carbocycles. The minimum absolute atomic E-state index is 0.217. The molecule has 0 bridgehead atoms. The van der Waals surface area contributed by atoms with Gasteiger partial charge in [-0.2, -0.15) is 0 Å². The van der Waals surface area contributed by atoms with Gasteiger partial charge in [-0.25, -0.2) is 9.18 Å². The molecular weight excluding hydrogens is 219 g/mol. The van der Waals surface area contributed by atoms with Gasteiger partial charge in [0.15, 0.2) is 0 Å². The van der Waals surface area contributed by atoms with Crippen molar-refractivity contribution >= 4 is 11.7 Å². The van der Waals surface area contributed by atoms with Crippen molar-refractivity contribution in [2.24, 2.45) is 0 Å². The van der Waals surface area contributed by atoms with Gasteiger partial charge >= 0.3 is 6.03 Å². The quantitative estimate of drug-likeness (QED) is 0.840. The summed E-state index contributed by atoms with van der Waals surface area (Å²) < 4.78 is 13.0. The van der Waals surface area contributed by atoms with Crippen LogP contribution >= 0.6 is 0 Å². The Bertz CT molecular complexity index is 399. The predicted octanol–water partition coefficient (Wildman–Crippen LogP) is 3.48. The molecule has 0 spiro atoms. The fourth-order valence-corrected chi connectivity index (χ4v) is 1.68. The second-order valence-electron chi connectivity index (χ2n) is 4.86. The van der Waals surface area contributed by atoms with E-state index in [4.69, 9.17) is 0 Å². The van der Waals surface area contributed by atoms with E-state index in [-0.39, 0.29) is 17.4 Å². The number of carbonyl (C=O) groups excluding carboxylic acids is 1. The Labute approximate surface area is 102 Å². The molecule has 0 heterocycles. The Morgan fingerprint density at radius 3 is 2.53 bits per heavy atom. The number of halogens is 1. The molecule has 4 heteroatoms. The van der Waals surface area contributed by atoms with Crippen molar-refractivity contribution in [3.8, 4) is 0 Å². The Morgan fingerprint density at radius 2 is 2.06 bits per heavy atom. The van der Waals surface area contributed by atoms with Crippen LogP contribution in [-0.2, 0) is 0 Å². The third kappa shape index (κ3) is 3.73. The van der Waals surface area contributed by atoms with Crippen molar-refractivity contribution in [1.82, 2.24) is 4.90 Å². The smallest absolute Gasteiger partial charge is 0.320 e. The van der Waals surface area contributed by atoms with Gasteiger partial charge in [-0.3, -0.25) is 0 Å². The SMILES string of the molecule is CCN(C(=O)Nc1cccc(F)c1)C(C)(C)C. The lowest BCUT2D eigenvalue weighted by atomic mass is 10.1. The van der Waals surface area contributed by atoms with Gasteiger partial charge in [0.1, 0.15) is 5.82 Å². The van der Waals surface area contributed by atoms with Crippen molar-refractivity contribution < 1.29 is 9.18 Å². The highest BCUT2D eigenvalue weighted by molar-refractivity contribution is 5.89. The maximum absolute atomic E-state index is 13.0. The lowest BCUT2D eigenvalue weighted by molar-refractivity contribution is 0.162. The van der Waals surface area contributed by atoms with Crippen LogP contribution in [0.25, 0.3) is 0 Å². The van der Waals surface area contributed by atoms with Gasteiger partial charge in [0.05, 0.1) is 0 Å². The van der Waals surface area contributed by atoms with Crippen molar-refractivity contribution in [3.63, 3.8) is 0 Å². The molecule has 1 aromatic rings. The second kappa shape index (κ2) is 5.17. The Hall–Kier alpha value is -1.58. The van der Waals surface area contributed by atoms with Gasteiger partial charge in [-0.1, -0.05) is 6.07 Å². The summed E-state index contributed by atoms with van der Waals surface area (Å²) in [5.41, 5.74) is 0.212. The highest BCUT2D eigenvalue weighted by Crippen LogP contribution is 2.16. The first-order chi connectivity index (χ1) is 7.84. The molecule has 0 unspecified atom stereocenters. The van der Waals surface area contributed by atoms with Crippen molar-refractivity contribution in [2.45, 2.75) is 33.2 Å². The molecule has 94 valence electrons. The molecule has 0 radical (unpaired) electrons. The Kier molecular flexibility index (Phi) is 4.10. The Morgan fingerprint density at radius 1 is 1.41 bits per heavy atom. The molecule has 17 heavy (non-hydrogen) atoms. The van der Waals surface area contributed by atoms with E-state index in [0.717, 1.165) is 0 Å². The molecule has 1 aromatic carbocycles. The first-order valence-electron chi connectivity index (χ1n) is 5.69. The van der Waals surface area contributed by atoms with Gasteiger partial charge < -0.3 is 10.2 Å². The maximum Gasteiger partial charge on any atom is 0.322 e. The zero-order chi connectivity index (χ0) is 13.1. The normalized spacial score (nSPS) is 11.1. The summed E-state index contributed by atoms with van der Waals surface area (Å²) in [6.07, 6.45) is 0. The molecular formula is C13H19FN2O. The van der Waals surface area contributed by atoms with E-state index in [0.29, 0.717) is 12.2 Å². The van der Waals surface area contributed by atoms with Crippen molar-refractivity contribution in [3.05, 3.63) is 30.1 Å². The number of hydrogen-bond donors (Lipinski definition) is 1. The van der Waals surface area contributed by atoms with Crippen LogP contribution in [0.3, 0.4) is 0 Å².